The predicted molar refractivity (Wildman–Crippen MR) is 117 cm³/mol. The molecule has 0 bridgehead atoms. The van der Waals surface area contributed by atoms with Crippen molar-refractivity contribution in [2.24, 2.45) is 0 Å². The molecule has 2 aromatic carbocycles. The highest BCUT2D eigenvalue weighted by Gasteiger charge is 2.18. The molecule has 0 saturated heterocycles. The van der Waals surface area contributed by atoms with Crippen molar-refractivity contribution < 1.29 is 19.0 Å². The van der Waals surface area contributed by atoms with Crippen molar-refractivity contribution in [2.45, 2.75) is 24.3 Å². The van der Waals surface area contributed by atoms with Crippen molar-refractivity contribution in [3.63, 3.8) is 0 Å². The van der Waals surface area contributed by atoms with Crippen LogP contribution in [0.2, 0.25) is 0 Å². The quantitative estimate of drug-likeness (QED) is 0.426. The maximum Gasteiger partial charge on any atom is 0.250 e. The number of thioether (sulfide) groups is 1. The normalized spacial score (nSPS) is 11.3. The van der Waals surface area contributed by atoms with Crippen LogP contribution in [0.3, 0.4) is 0 Å². The van der Waals surface area contributed by atoms with Gasteiger partial charge in [0.1, 0.15) is 12.7 Å². The van der Waals surface area contributed by atoms with E-state index in [-0.39, 0.29) is 12.5 Å². The third-order valence-corrected chi connectivity index (χ3v) is 5.13. The third-order valence-electron chi connectivity index (χ3n) is 4.06. The Hall–Kier alpha value is -2.62. The van der Waals surface area contributed by atoms with E-state index in [1.165, 1.54) is 0 Å². The van der Waals surface area contributed by atoms with Gasteiger partial charge in [-0.15, -0.1) is 18.2 Å². The van der Waals surface area contributed by atoms with E-state index >= 15 is 0 Å². The van der Waals surface area contributed by atoms with E-state index in [4.69, 9.17) is 20.6 Å². The van der Waals surface area contributed by atoms with Crippen molar-refractivity contribution >= 4 is 17.7 Å². The van der Waals surface area contributed by atoms with Crippen LogP contribution in [0.25, 0.3) is 0 Å². The van der Waals surface area contributed by atoms with Gasteiger partial charge < -0.3 is 19.5 Å². The van der Waals surface area contributed by atoms with Crippen LogP contribution in [0.15, 0.2) is 53.4 Å². The van der Waals surface area contributed by atoms with Gasteiger partial charge in [-0.3, -0.25) is 4.79 Å². The lowest BCUT2D eigenvalue weighted by atomic mass is 10.1. The highest BCUT2D eigenvalue weighted by molar-refractivity contribution is 7.99. The molecule has 0 spiro atoms. The van der Waals surface area contributed by atoms with Gasteiger partial charge in [-0.2, -0.15) is 0 Å². The van der Waals surface area contributed by atoms with Crippen LogP contribution in [-0.2, 0) is 16.0 Å². The predicted octanol–water partition coefficient (Wildman–Crippen LogP) is 3.56. The van der Waals surface area contributed by atoms with Crippen molar-refractivity contribution in [1.29, 1.82) is 0 Å². The molecule has 0 heterocycles. The molecule has 0 aliphatic carbocycles. The van der Waals surface area contributed by atoms with Crippen LogP contribution in [0, 0.1) is 12.3 Å². The average Bonchev–Trinajstić information content (AvgIpc) is 2.76. The fraction of sp³-hybridized carbons (Fsp3) is 0.348. The number of carbonyl (C=O) groups excluding carboxylic acids is 1. The SMILES string of the molecule is C#CCOc1ccc(CCNC(=O)C(CSc2ccccc2)OCC)cc1OC. The molecule has 0 radical (unpaired) electrons. The van der Waals surface area contributed by atoms with Crippen molar-refractivity contribution in [1.82, 2.24) is 5.32 Å². The van der Waals surface area contributed by atoms with Crippen LogP contribution in [0.1, 0.15) is 12.5 Å². The monoisotopic (exact) mass is 413 g/mol. The largest absolute Gasteiger partial charge is 0.493 e. The van der Waals surface area contributed by atoms with E-state index in [1.807, 2.05) is 55.5 Å². The molecule has 5 nitrogen and oxygen atoms in total. The molecule has 0 fully saturated rings. The fourth-order valence-electron chi connectivity index (χ4n) is 2.64. The smallest absolute Gasteiger partial charge is 0.250 e. The average molecular weight is 414 g/mol. The minimum absolute atomic E-state index is 0.101. The van der Waals surface area contributed by atoms with Gasteiger partial charge in [0.05, 0.1) is 7.11 Å². The summed E-state index contributed by atoms with van der Waals surface area (Å²) in [5.74, 6) is 4.12. The number of terminal acetylenes is 1. The number of methoxy groups -OCH3 is 1. The lowest BCUT2D eigenvalue weighted by Crippen LogP contribution is -2.39. The number of hydrogen-bond donors (Lipinski definition) is 1. The van der Waals surface area contributed by atoms with E-state index < -0.39 is 6.10 Å². The summed E-state index contributed by atoms with van der Waals surface area (Å²) in [6.45, 7) is 3.07. The first-order valence-corrected chi connectivity index (χ1v) is 10.5. The van der Waals surface area contributed by atoms with Crippen LogP contribution < -0.4 is 14.8 Å². The van der Waals surface area contributed by atoms with Gasteiger partial charge in [-0.25, -0.2) is 0 Å². The molecule has 1 amide bonds. The number of hydrogen-bond acceptors (Lipinski definition) is 5. The van der Waals surface area contributed by atoms with Gasteiger partial charge in [0.2, 0.25) is 5.91 Å². The molecule has 1 N–H and O–H groups in total. The Kier molecular flexibility index (Phi) is 9.98. The molecule has 6 heteroatoms. The summed E-state index contributed by atoms with van der Waals surface area (Å²) in [7, 11) is 1.58. The highest BCUT2D eigenvalue weighted by Crippen LogP contribution is 2.28. The zero-order chi connectivity index (χ0) is 20.9. The Balaban J connectivity index is 1.85. The minimum Gasteiger partial charge on any atom is -0.493 e. The zero-order valence-electron chi connectivity index (χ0n) is 16.9. The lowest BCUT2D eigenvalue weighted by molar-refractivity contribution is -0.131. The Morgan fingerprint density at radius 3 is 2.69 bits per heavy atom. The standard InChI is InChI=1S/C23H27NO4S/c1-4-15-28-20-12-11-18(16-21(20)26-3)13-14-24-23(25)22(27-5-2)17-29-19-9-7-6-8-10-19/h1,6-12,16,22H,5,13-15,17H2,2-3H3,(H,24,25). The van der Waals surface area contributed by atoms with Crippen molar-refractivity contribution in [3.05, 3.63) is 54.1 Å². The third kappa shape index (κ3) is 7.72. The second kappa shape index (κ2) is 12.8. The van der Waals surface area contributed by atoms with Crippen LogP contribution in [0.4, 0.5) is 0 Å². The molecule has 154 valence electrons. The number of amides is 1. The Morgan fingerprint density at radius 2 is 2.00 bits per heavy atom. The van der Waals surface area contributed by atoms with Gasteiger partial charge in [0.15, 0.2) is 11.5 Å². The van der Waals surface area contributed by atoms with Gasteiger partial charge >= 0.3 is 0 Å². The first kappa shape index (κ1) is 22.7. The van der Waals surface area contributed by atoms with E-state index in [0.29, 0.717) is 36.8 Å². The number of rotatable bonds is 12. The topological polar surface area (TPSA) is 56.8 Å². The summed E-state index contributed by atoms with van der Waals surface area (Å²) in [6.07, 6.45) is 5.41. The van der Waals surface area contributed by atoms with Gasteiger partial charge in [-0.1, -0.05) is 30.2 Å². The fourth-order valence-corrected chi connectivity index (χ4v) is 3.58. The molecule has 0 aromatic heterocycles. The van der Waals surface area contributed by atoms with E-state index in [2.05, 4.69) is 11.2 Å². The number of ether oxygens (including phenoxy) is 3. The van der Waals surface area contributed by atoms with E-state index in [0.717, 1.165) is 10.5 Å². The van der Waals surface area contributed by atoms with Crippen LogP contribution >= 0.6 is 11.8 Å². The molecule has 2 rings (SSSR count). The summed E-state index contributed by atoms with van der Waals surface area (Å²) >= 11 is 1.61. The summed E-state index contributed by atoms with van der Waals surface area (Å²) < 4.78 is 16.4. The lowest BCUT2D eigenvalue weighted by Gasteiger charge is -2.17. The molecule has 1 unspecified atom stereocenters. The maximum atomic E-state index is 12.5. The summed E-state index contributed by atoms with van der Waals surface area (Å²) in [4.78, 5) is 13.6. The molecule has 29 heavy (non-hydrogen) atoms. The maximum absolute atomic E-state index is 12.5. The Labute approximate surface area is 177 Å². The molecule has 1 atom stereocenters. The molecular formula is C23H27NO4S. The Bertz CT molecular complexity index is 804. The van der Waals surface area contributed by atoms with Crippen LogP contribution in [0.5, 0.6) is 11.5 Å². The Morgan fingerprint density at radius 1 is 1.21 bits per heavy atom. The minimum atomic E-state index is -0.487. The molecule has 2 aromatic rings. The molecule has 0 aliphatic heterocycles. The van der Waals surface area contributed by atoms with Gasteiger partial charge in [0, 0.05) is 23.8 Å². The number of carbonyl (C=O) groups is 1. The van der Waals surface area contributed by atoms with Crippen molar-refractivity contribution in [2.75, 3.05) is 32.6 Å². The summed E-state index contributed by atoms with van der Waals surface area (Å²) in [6, 6.07) is 15.6. The van der Waals surface area contributed by atoms with Crippen LogP contribution in [-0.4, -0.2) is 44.6 Å². The molecular weight excluding hydrogens is 386 g/mol. The second-order valence-corrected chi connectivity index (χ2v) is 7.18. The summed E-state index contributed by atoms with van der Waals surface area (Å²) in [5.41, 5.74) is 1.03. The first-order valence-electron chi connectivity index (χ1n) is 9.48. The molecule has 0 saturated carbocycles. The number of nitrogens with one attached hydrogen (secondary N) is 1. The highest BCUT2D eigenvalue weighted by atomic mass is 32.2. The zero-order valence-corrected chi connectivity index (χ0v) is 17.7. The summed E-state index contributed by atoms with van der Waals surface area (Å²) in [5, 5.41) is 2.96. The van der Waals surface area contributed by atoms with Gasteiger partial charge in [-0.05, 0) is 43.2 Å². The second-order valence-electron chi connectivity index (χ2n) is 6.09. The van der Waals surface area contributed by atoms with E-state index in [1.54, 1.807) is 18.9 Å². The van der Waals surface area contributed by atoms with E-state index in [9.17, 15) is 4.79 Å². The van der Waals surface area contributed by atoms with Gasteiger partial charge in [0.25, 0.3) is 0 Å². The first-order chi connectivity index (χ1) is 14.2. The molecule has 0 aliphatic rings. The number of benzene rings is 2. The van der Waals surface area contributed by atoms with Crippen molar-refractivity contribution in [3.8, 4) is 23.8 Å².